The molecule has 0 heterocycles. The highest BCUT2D eigenvalue weighted by molar-refractivity contribution is 5.91. The maximum Gasteiger partial charge on any atom is 0.148 e. The largest absolute Gasteiger partial charge is 0.422 e. The van der Waals surface area contributed by atoms with E-state index in [-0.39, 0.29) is 0 Å². The van der Waals surface area contributed by atoms with E-state index in [4.69, 9.17) is 5.21 Å². The molecule has 58 valence electrons. The fourth-order valence-corrected chi connectivity index (χ4v) is 1.19. The van der Waals surface area contributed by atoms with Crippen LogP contribution in [0, 0.1) is 5.92 Å². The lowest BCUT2D eigenvalue weighted by Gasteiger charge is -1.94. The van der Waals surface area contributed by atoms with Crippen molar-refractivity contribution in [2.45, 2.75) is 25.7 Å². The Bertz CT molecular complexity index is 99.8. The second kappa shape index (κ2) is 6.67. The predicted octanol–water partition coefficient (Wildman–Crippen LogP) is 1.55. The minimum atomic E-state index is 0.861. The van der Waals surface area contributed by atoms with Gasteiger partial charge in [-0.1, -0.05) is 18.9 Å². The zero-order valence-electron chi connectivity index (χ0n) is 6.29. The minimum Gasteiger partial charge on any atom is -0.422 e. The molecule has 3 heteroatoms. The van der Waals surface area contributed by atoms with E-state index in [1.54, 1.807) is 0 Å². The van der Waals surface area contributed by atoms with Gasteiger partial charge in [0.25, 0.3) is 0 Å². The summed E-state index contributed by atoms with van der Waals surface area (Å²) >= 11 is 0. The molecule has 1 saturated carbocycles. The lowest BCUT2D eigenvalue weighted by atomic mass is 10.1. The molecule has 0 aromatic rings. The molecule has 0 spiro atoms. The summed E-state index contributed by atoms with van der Waals surface area (Å²) in [7, 11) is 1.15. The first-order chi connectivity index (χ1) is 4.85. The second-order valence-electron chi connectivity index (χ2n) is 2.42. The van der Waals surface area contributed by atoms with Crippen LogP contribution in [0.15, 0.2) is 17.5 Å². The van der Waals surface area contributed by atoms with Crippen molar-refractivity contribution in [2.75, 3.05) is 0 Å². The first-order valence-electron chi connectivity index (χ1n) is 3.57. The van der Waals surface area contributed by atoms with Gasteiger partial charge in [0.2, 0.25) is 0 Å². The van der Waals surface area contributed by atoms with Crippen LogP contribution >= 0.6 is 0 Å². The number of nitrogens with zero attached hydrogens (tertiary/aromatic N) is 1. The van der Waals surface area contributed by atoms with E-state index in [9.17, 15) is 0 Å². The number of allylic oxidation sites excluding steroid dienone is 1. The summed E-state index contributed by atoms with van der Waals surface area (Å²) in [6.07, 6.45) is 7.73. The summed E-state index contributed by atoms with van der Waals surface area (Å²) in [6.45, 7) is 3.74. The molecule has 0 aromatic heterocycles. The molecule has 0 radical (unpaired) electrons. The quantitative estimate of drug-likeness (QED) is 0.350. The van der Waals surface area contributed by atoms with Gasteiger partial charge in [-0.2, -0.15) is 4.80 Å². The summed E-state index contributed by atoms with van der Waals surface area (Å²) in [5, 5.41) is 7.21. The maximum atomic E-state index is 7.21. The number of hydrogen-bond donors (Lipinski definition) is 1. The smallest absolute Gasteiger partial charge is 0.148 e. The van der Waals surface area contributed by atoms with Crippen LogP contribution in [0.1, 0.15) is 25.7 Å². The Morgan fingerprint density at radius 1 is 1.50 bits per heavy atom. The van der Waals surface area contributed by atoms with Gasteiger partial charge >= 0.3 is 0 Å². The van der Waals surface area contributed by atoms with Crippen molar-refractivity contribution < 1.29 is 5.21 Å². The Morgan fingerprint density at radius 3 is 2.10 bits per heavy atom. The van der Waals surface area contributed by atoms with Gasteiger partial charge in [-0.25, -0.2) is 0 Å². The monoisotopic (exact) mass is 157 g/mol. The van der Waals surface area contributed by atoms with Crippen LogP contribution in [-0.4, -0.2) is 15.2 Å². The van der Waals surface area contributed by atoms with Gasteiger partial charge in [0.05, 0.1) is 0 Å². The van der Waals surface area contributed by atoms with E-state index in [0.717, 1.165) is 16.0 Å². The average molecular weight is 157 g/mol. The summed E-state index contributed by atoms with van der Waals surface area (Å²) in [5.41, 5.74) is 0. The van der Waals surface area contributed by atoms with Crippen LogP contribution in [-0.2, 0) is 0 Å². The van der Waals surface area contributed by atoms with E-state index in [0.29, 0.717) is 0 Å². The first kappa shape index (κ1) is 9.56. The molecule has 1 fully saturated rings. The maximum absolute atomic E-state index is 7.21. The van der Waals surface area contributed by atoms with Gasteiger partial charge < -0.3 is 5.21 Å². The summed E-state index contributed by atoms with van der Waals surface area (Å²) in [4.78, 5) is 2.53. The molecule has 0 aliphatic heterocycles. The van der Waals surface area contributed by atoms with Crippen LogP contribution in [0.4, 0.5) is 0 Å². The van der Waals surface area contributed by atoms with E-state index in [2.05, 4.69) is 17.5 Å². The topological polar surface area (TPSA) is 32.6 Å². The third-order valence-corrected chi connectivity index (χ3v) is 1.73. The highest BCUT2D eigenvalue weighted by atomic mass is 28.1. The van der Waals surface area contributed by atoms with Gasteiger partial charge in [-0.3, -0.25) is 0 Å². The normalized spacial score (nSPS) is 17.2. The van der Waals surface area contributed by atoms with Gasteiger partial charge in [-0.15, -0.1) is 6.58 Å². The SMILES string of the molecule is C=CC1CCCC1.ON=[SiH2]. The van der Waals surface area contributed by atoms with Gasteiger partial charge in [-0.05, 0) is 18.8 Å². The lowest BCUT2D eigenvalue weighted by Crippen LogP contribution is -1.81. The fraction of sp³-hybridized carbons (Fsp3) is 0.714. The molecule has 0 saturated heterocycles. The molecule has 0 aromatic carbocycles. The Kier molecular flexibility index (Phi) is 6.38. The first-order valence-corrected chi connectivity index (χ1v) is 4.21. The molecule has 2 nitrogen and oxygen atoms in total. The van der Waals surface area contributed by atoms with Crippen molar-refractivity contribution in [3.63, 3.8) is 0 Å². The van der Waals surface area contributed by atoms with Crippen molar-refractivity contribution in [2.24, 2.45) is 10.7 Å². The van der Waals surface area contributed by atoms with Gasteiger partial charge in [0, 0.05) is 0 Å². The van der Waals surface area contributed by atoms with Gasteiger partial charge in [0.1, 0.15) is 10.0 Å². The Balaban J connectivity index is 0.000000236. The van der Waals surface area contributed by atoms with Crippen molar-refractivity contribution >= 4 is 10.0 Å². The predicted molar refractivity (Wildman–Crippen MR) is 44.9 cm³/mol. The highest BCUT2D eigenvalue weighted by Crippen LogP contribution is 2.24. The zero-order valence-corrected chi connectivity index (χ0v) is 7.71. The van der Waals surface area contributed by atoms with Crippen molar-refractivity contribution in [3.8, 4) is 0 Å². The Morgan fingerprint density at radius 2 is 1.90 bits per heavy atom. The number of rotatable bonds is 1. The van der Waals surface area contributed by atoms with E-state index >= 15 is 0 Å². The minimum absolute atomic E-state index is 0.861. The average Bonchev–Trinajstić information content (AvgIpc) is 2.39. The summed E-state index contributed by atoms with van der Waals surface area (Å²) in [5.74, 6) is 0.861. The van der Waals surface area contributed by atoms with Crippen molar-refractivity contribution in [1.82, 2.24) is 0 Å². The standard InChI is InChI=1S/C7H12.H3NOSi/c1-2-7-5-3-4-6-7;2-1-3/h2,7H,1,3-6H2;2H,3H2. The van der Waals surface area contributed by atoms with E-state index in [1.165, 1.54) is 25.7 Å². The van der Waals surface area contributed by atoms with Crippen LogP contribution in [0.3, 0.4) is 0 Å². The van der Waals surface area contributed by atoms with Crippen molar-refractivity contribution in [1.29, 1.82) is 0 Å². The number of hydrogen-bond acceptors (Lipinski definition) is 2. The highest BCUT2D eigenvalue weighted by Gasteiger charge is 2.09. The molecule has 1 N–H and O–H groups in total. The molecule has 0 bridgehead atoms. The third-order valence-electron chi connectivity index (χ3n) is 1.73. The molecule has 10 heavy (non-hydrogen) atoms. The second-order valence-corrected chi connectivity index (χ2v) is 2.70. The molecule has 1 aliphatic carbocycles. The molecular weight excluding hydrogens is 142 g/mol. The van der Waals surface area contributed by atoms with Crippen LogP contribution in [0.2, 0.25) is 0 Å². The van der Waals surface area contributed by atoms with Crippen molar-refractivity contribution in [3.05, 3.63) is 12.7 Å². The molecule has 0 amide bonds. The zero-order chi connectivity index (χ0) is 7.82. The molecule has 1 rings (SSSR count). The molecule has 0 unspecified atom stereocenters. The Labute approximate surface area is 65.1 Å². The third kappa shape index (κ3) is 4.44. The van der Waals surface area contributed by atoms with Crippen LogP contribution < -0.4 is 0 Å². The lowest BCUT2D eigenvalue weighted by molar-refractivity contribution is 0.326. The molecular formula is C7H15NOSi. The van der Waals surface area contributed by atoms with Gasteiger partial charge in [0.15, 0.2) is 0 Å². The summed E-state index contributed by atoms with van der Waals surface area (Å²) in [6, 6.07) is 0. The van der Waals surface area contributed by atoms with E-state index in [1.807, 2.05) is 0 Å². The molecule has 0 atom stereocenters. The Hall–Kier alpha value is -0.443. The van der Waals surface area contributed by atoms with Crippen LogP contribution in [0.25, 0.3) is 0 Å². The molecule has 1 aliphatic rings. The fourth-order valence-electron chi connectivity index (χ4n) is 1.19. The van der Waals surface area contributed by atoms with E-state index < -0.39 is 0 Å². The summed E-state index contributed by atoms with van der Waals surface area (Å²) < 4.78 is 0. The van der Waals surface area contributed by atoms with Crippen LogP contribution in [0.5, 0.6) is 0 Å².